The molecule has 0 saturated heterocycles. The van der Waals surface area contributed by atoms with E-state index in [1.807, 2.05) is 13.0 Å². The lowest BCUT2D eigenvalue weighted by Gasteiger charge is -2.44. The number of ether oxygens (including phenoxy) is 2. The van der Waals surface area contributed by atoms with Crippen LogP contribution in [0.4, 0.5) is 0 Å². The number of aryl methyl sites for hydroxylation is 1. The molecule has 106 valence electrons. The number of carbonyl (C=O) groups excluding carboxylic acids is 1. The summed E-state index contributed by atoms with van der Waals surface area (Å²) in [4.78, 5) is 22.6. The molecule has 20 heavy (non-hydrogen) atoms. The molecule has 1 aromatic rings. The minimum Gasteiger partial charge on any atom is -0.478 e. The zero-order valence-corrected chi connectivity index (χ0v) is 11.5. The average Bonchev–Trinajstić information content (AvgIpc) is 2.38. The highest BCUT2D eigenvalue weighted by Gasteiger charge is 2.46. The second-order valence-corrected chi connectivity index (χ2v) is 5.41. The molecule has 1 aliphatic heterocycles. The topological polar surface area (TPSA) is 65.7 Å². The minimum absolute atomic E-state index is 0.333. The number of rotatable bonds is 2. The summed E-state index contributed by atoms with van der Waals surface area (Å²) in [6.45, 7) is 4.06. The Labute approximate surface area is 116 Å². The van der Waals surface area contributed by atoms with Gasteiger partial charge in [-0.25, -0.2) is 4.79 Å². The third-order valence-corrected chi connectivity index (χ3v) is 4.10. The molecule has 3 rings (SSSR count). The number of carbonyl (C=O) groups is 1. The summed E-state index contributed by atoms with van der Waals surface area (Å²) in [7, 11) is 0. The lowest BCUT2D eigenvalue weighted by atomic mass is 9.77. The number of fused-ring (bicyclic) bond motifs is 2. The van der Waals surface area contributed by atoms with Gasteiger partial charge in [0.05, 0.1) is 0 Å². The van der Waals surface area contributed by atoms with E-state index in [1.54, 1.807) is 13.0 Å². The summed E-state index contributed by atoms with van der Waals surface area (Å²) < 4.78 is 16.3. The van der Waals surface area contributed by atoms with Crippen molar-refractivity contribution in [3.63, 3.8) is 0 Å². The van der Waals surface area contributed by atoms with Crippen molar-refractivity contribution in [1.29, 1.82) is 0 Å². The van der Waals surface area contributed by atoms with Crippen LogP contribution in [0.3, 0.4) is 0 Å². The summed E-state index contributed by atoms with van der Waals surface area (Å²) in [5.41, 5.74) is 0.314. The van der Waals surface area contributed by atoms with Gasteiger partial charge in [0.1, 0.15) is 23.2 Å². The fourth-order valence-corrected chi connectivity index (χ4v) is 3.03. The van der Waals surface area contributed by atoms with E-state index in [-0.39, 0.29) is 6.10 Å². The Kier molecular flexibility index (Phi) is 2.92. The summed E-state index contributed by atoms with van der Waals surface area (Å²) in [6.07, 6.45) is 3.96. The standard InChI is InChI=1S/C15H16O5/c1-9-6-12-11(14(17)19-9)7-10-4-3-5-13(18-8-16)15(10,2)20-12/h6-8,13H,3-5H2,1-2H3/t13-,15+/m1/s1. The lowest BCUT2D eigenvalue weighted by molar-refractivity contribution is -0.145. The van der Waals surface area contributed by atoms with Crippen LogP contribution in [0.5, 0.6) is 5.75 Å². The maximum Gasteiger partial charge on any atom is 0.346 e. The van der Waals surface area contributed by atoms with E-state index in [0.717, 1.165) is 24.8 Å². The molecular weight excluding hydrogens is 260 g/mol. The van der Waals surface area contributed by atoms with Crippen LogP contribution < -0.4 is 10.4 Å². The summed E-state index contributed by atoms with van der Waals surface area (Å²) in [5.74, 6) is 0.990. The third kappa shape index (κ3) is 1.85. The molecule has 2 heterocycles. The van der Waals surface area contributed by atoms with Crippen LogP contribution >= 0.6 is 0 Å². The van der Waals surface area contributed by atoms with Crippen LogP contribution in [0.15, 0.2) is 20.9 Å². The molecule has 0 bridgehead atoms. The molecule has 5 heteroatoms. The van der Waals surface area contributed by atoms with Gasteiger partial charge in [0.25, 0.3) is 6.47 Å². The molecule has 5 nitrogen and oxygen atoms in total. The van der Waals surface area contributed by atoms with Crippen LogP contribution in [-0.2, 0) is 9.53 Å². The Morgan fingerprint density at radius 1 is 1.50 bits per heavy atom. The van der Waals surface area contributed by atoms with Crippen molar-refractivity contribution in [3.05, 3.63) is 33.4 Å². The van der Waals surface area contributed by atoms with Crippen molar-refractivity contribution in [2.75, 3.05) is 0 Å². The zero-order valence-electron chi connectivity index (χ0n) is 11.5. The average molecular weight is 276 g/mol. The largest absolute Gasteiger partial charge is 0.478 e. The van der Waals surface area contributed by atoms with Gasteiger partial charge in [-0.3, -0.25) is 4.79 Å². The first-order chi connectivity index (χ1) is 9.54. The summed E-state index contributed by atoms with van der Waals surface area (Å²) in [5, 5.41) is 0. The number of hydrogen-bond acceptors (Lipinski definition) is 5. The van der Waals surface area contributed by atoms with Gasteiger partial charge in [-0.05, 0) is 44.8 Å². The molecule has 1 saturated carbocycles. The Hall–Kier alpha value is -2.04. The second-order valence-electron chi connectivity index (χ2n) is 5.41. The molecule has 2 atom stereocenters. The lowest BCUT2D eigenvalue weighted by Crippen LogP contribution is -2.51. The van der Waals surface area contributed by atoms with Gasteiger partial charge in [0, 0.05) is 6.07 Å². The smallest absolute Gasteiger partial charge is 0.346 e. The van der Waals surface area contributed by atoms with Crippen molar-refractivity contribution >= 4 is 12.5 Å². The van der Waals surface area contributed by atoms with Gasteiger partial charge >= 0.3 is 5.63 Å². The maximum absolute atomic E-state index is 11.9. The molecular formula is C15H16O5. The van der Waals surface area contributed by atoms with E-state index in [0.29, 0.717) is 23.5 Å². The van der Waals surface area contributed by atoms with Crippen molar-refractivity contribution in [3.8, 4) is 5.75 Å². The van der Waals surface area contributed by atoms with Crippen LogP contribution in [0.2, 0.25) is 0 Å². The van der Waals surface area contributed by atoms with Gasteiger partial charge in [-0.1, -0.05) is 0 Å². The predicted molar refractivity (Wildman–Crippen MR) is 71.5 cm³/mol. The highest BCUT2D eigenvalue weighted by molar-refractivity contribution is 5.64. The third-order valence-electron chi connectivity index (χ3n) is 4.10. The number of hydrogen-bond donors (Lipinski definition) is 0. The van der Waals surface area contributed by atoms with Gasteiger partial charge in [-0.2, -0.15) is 0 Å². The van der Waals surface area contributed by atoms with Crippen LogP contribution in [0.25, 0.3) is 6.08 Å². The molecule has 0 amide bonds. The fourth-order valence-electron chi connectivity index (χ4n) is 3.03. The monoisotopic (exact) mass is 276 g/mol. The van der Waals surface area contributed by atoms with E-state index < -0.39 is 11.2 Å². The molecule has 0 aromatic carbocycles. The zero-order chi connectivity index (χ0) is 14.3. The highest BCUT2D eigenvalue weighted by atomic mass is 16.6. The van der Waals surface area contributed by atoms with Crippen molar-refractivity contribution in [1.82, 2.24) is 0 Å². The quantitative estimate of drug-likeness (QED) is 0.775. The molecule has 1 aliphatic carbocycles. The highest BCUT2D eigenvalue weighted by Crippen LogP contribution is 2.43. The Bertz CT molecular complexity index is 642. The van der Waals surface area contributed by atoms with Crippen LogP contribution in [0.1, 0.15) is 37.5 Å². The molecule has 1 aromatic heterocycles. The summed E-state index contributed by atoms with van der Waals surface area (Å²) >= 11 is 0. The molecule has 0 N–H and O–H groups in total. The Morgan fingerprint density at radius 3 is 3.05 bits per heavy atom. The first-order valence-electron chi connectivity index (χ1n) is 6.68. The second kappa shape index (κ2) is 4.51. The van der Waals surface area contributed by atoms with E-state index in [2.05, 4.69) is 0 Å². The molecule has 0 radical (unpaired) electrons. The Morgan fingerprint density at radius 2 is 2.30 bits per heavy atom. The maximum atomic E-state index is 11.9. The van der Waals surface area contributed by atoms with E-state index in [9.17, 15) is 9.59 Å². The SMILES string of the molecule is Cc1cc2c(c(=O)o1)C=C1CCC[C@@H](OC=O)[C@@]1(C)O2. The first-order valence-corrected chi connectivity index (χ1v) is 6.68. The molecule has 0 spiro atoms. The van der Waals surface area contributed by atoms with Crippen molar-refractivity contribution in [2.24, 2.45) is 0 Å². The fraction of sp³-hybridized carbons (Fsp3) is 0.467. The molecule has 0 unspecified atom stereocenters. The van der Waals surface area contributed by atoms with Crippen LogP contribution in [-0.4, -0.2) is 18.2 Å². The normalized spacial score (nSPS) is 27.7. The van der Waals surface area contributed by atoms with Crippen LogP contribution in [0, 0.1) is 6.92 Å². The van der Waals surface area contributed by atoms with E-state index in [1.165, 1.54) is 0 Å². The predicted octanol–water partition coefficient (Wildman–Crippen LogP) is 2.21. The van der Waals surface area contributed by atoms with Gasteiger partial charge in [0.2, 0.25) is 0 Å². The minimum atomic E-state index is -0.702. The van der Waals surface area contributed by atoms with E-state index >= 15 is 0 Å². The van der Waals surface area contributed by atoms with Gasteiger partial charge < -0.3 is 13.9 Å². The van der Waals surface area contributed by atoms with E-state index in [4.69, 9.17) is 13.9 Å². The first kappa shape index (κ1) is 13.0. The Balaban J connectivity index is 2.11. The van der Waals surface area contributed by atoms with Crippen molar-refractivity contribution in [2.45, 2.75) is 44.8 Å². The molecule has 1 fully saturated rings. The van der Waals surface area contributed by atoms with Crippen molar-refractivity contribution < 1.29 is 18.7 Å². The molecule has 2 aliphatic rings. The summed E-state index contributed by atoms with van der Waals surface area (Å²) in [6, 6.07) is 1.70. The van der Waals surface area contributed by atoms with Gasteiger partial charge in [0.15, 0.2) is 5.60 Å². The van der Waals surface area contributed by atoms with Gasteiger partial charge in [-0.15, -0.1) is 0 Å².